The molecule has 0 rings (SSSR count). The van der Waals surface area contributed by atoms with Crippen LogP contribution in [0.25, 0.3) is 0 Å². The second kappa shape index (κ2) is 9.02. The van der Waals surface area contributed by atoms with Crippen molar-refractivity contribution < 1.29 is 19.4 Å². The number of hydrogen-bond donors (Lipinski definition) is 1. The van der Waals surface area contributed by atoms with Gasteiger partial charge in [0.15, 0.2) is 0 Å². The van der Waals surface area contributed by atoms with Crippen LogP contribution in [0.3, 0.4) is 0 Å². The molecule has 0 fully saturated rings. The summed E-state index contributed by atoms with van der Waals surface area (Å²) in [5, 5.41) is 8.44. The Kier molecular flexibility index (Phi) is 9.72. The lowest BCUT2D eigenvalue weighted by molar-refractivity contribution is -0.148. The first-order valence-electron chi connectivity index (χ1n) is 6.12. The van der Waals surface area contributed by atoms with E-state index < -0.39 is 11.4 Å². The minimum atomic E-state index is -0.722. The molecule has 0 saturated heterocycles. The Morgan fingerprint density at radius 3 is 1.88 bits per heavy atom. The molecule has 0 spiro atoms. The molecule has 0 aromatic rings. The maximum atomic E-state index is 10.8. The van der Waals surface area contributed by atoms with E-state index in [1.807, 2.05) is 27.7 Å². The van der Waals surface area contributed by atoms with Crippen molar-refractivity contribution in [2.24, 2.45) is 11.3 Å². The molecule has 102 valence electrons. The first kappa shape index (κ1) is 18.3. The molecule has 0 aromatic heterocycles. The van der Waals surface area contributed by atoms with E-state index in [2.05, 4.69) is 0 Å². The molecule has 0 aliphatic carbocycles. The predicted octanol–water partition coefficient (Wildman–Crippen LogP) is 3.10. The van der Waals surface area contributed by atoms with Crippen LogP contribution in [0.4, 0.5) is 0 Å². The third-order valence-electron chi connectivity index (χ3n) is 2.76. The highest BCUT2D eigenvalue weighted by atomic mass is 16.5. The van der Waals surface area contributed by atoms with Crippen LogP contribution in [0, 0.1) is 11.3 Å². The summed E-state index contributed by atoms with van der Waals surface area (Å²) in [5.41, 5.74) is -0.542. The van der Waals surface area contributed by atoms with Crippen LogP contribution in [0.2, 0.25) is 0 Å². The van der Waals surface area contributed by atoms with Crippen molar-refractivity contribution in [3.63, 3.8) is 0 Å². The van der Waals surface area contributed by atoms with Gasteiger partial charge >= 0.3 is 11.9 Å². The van der Waals surface area contributed by atoms with E-state index in [9.17, 15) is 9.59 Å². The molecule has 1 atom stereocenters. The van der Waals surface area contributed by atoms with Crippen LogP contribution in [-0.2, 0) is 14.3 Å². The second-order valence-electron chi connectivity index (χ2n) is 4.60. The van der Waals surface area contributed by atoms with Crippen molar-refractivity contribution in [2.75, 3.05) is 6.61 Å². The molecular formula is C13H26O4. The fourth-order valence-corrected chi connectivity index (χ4v) is 0.602. The van der Waals surface area contributed by atoms with Crippen LogP contribution in [-0.4, -0.2) is 23.7 Å². The molecule has 4 nitrogen and oxygen atoms in total. The van der Waals surface area contributed by atoms with E-state index in [4.69, 9.17) is 9.84 Å². The summed E-state index contributed by atoms with van der Waals surface area (Å²) in [6.45, 7) is 11.5. The van der Waals surface area contributed by atoms with Gasteiger partial charge in [-0.25, -0.2) is 0 Å². The topological polar surface area (TPSA) is 63.6 Å². The van der Waals surface area contributed by atoms with Gasteiger partial charge in [0.2, 0.25) is 0 Å². The average Bonchev–Trinajstić information content (AvgIpc) is 2.28. The van der Waals surface area contributed by atoms with Crippen LogP contribution in [0.1, 0.15) is 54.4 Å². The molecular weight excluding hydrogens is 220 g/mol. The van der Waals surface area contributed by atoms with E-state index in [-0.39, 0.29) is 11.9 Å². The van der Waals surface area contributed by atoms with E-state index in [1.54, 1.807) is 13.8 Å². The fourth-order valence-electron chi connectivity index (χ4n) is 0.602. The SMILES string of the molecule is CCC(C)(C)C(=O)O.CCOC(=O)C(C)CC. The maximum Gasteiger partial charge on any atom is 0.309 e. The summed E-state index contributed by atoms with van der Waals surface area (Å²) in [5.74, 6) is -0.745. The molecule has 0 amide bonds. The summed E-state index contributed by atoms with van der Waals surface area (Å²) in [7, 11) is 0. The number of ether oxygens (including phenoxy) is 1. The number of carboxylic acids is 1. The summed E-state index contributed by atoms with van der Waals surface area (Å²) in [6.07, 6.45) is 1.54. The van der Waals surface area contributed by atoms with Crippen LogP contribution in [0.5, 0.6) is 0 Å². The van der Waals surface area contributed by atoms with Gasteiger partial charge in [-0.05, 0) is 33.6 Å². The Morgan fingerprint density at radius 2 is 1.71 bits per heavy atom. The largest absolute Gasteiger partial charge is 0.481 e. The van der Waals surface area contributed by atoms with Gasteiger partial charge in [-0.1, -0.05) is 20.8 Å². The highest BCUT2D eigenvalue weighted by Crippen LogP contribution is 2.18. The van der Waals surface area contributed by atoms with Crippen LogP contribution in [0.15, 0.2) is 0 Å². The quantitative estimate of drug-likeness (QED) is 0.757. The average molecular weight is 246 g/mol. The third kappa shape index (κ3) is 8.72. The molecule has 17 heavy (non-hydrogen) atoms. The van der Waals surface area contributed by atoms with Crippen molar-refractivity contribution in [1.82, 2.24) is 0 Å². The van der Waals surface area contributed by atoms with Gasteiger partial charge < -0.3 is 9.84 Å². The Hall–Kier alpha value is -1.06. The Morgan fingerprint density at radius 1 is 1.24 bits per heavy atom. The van der Waals surface area contributed by atoms with Gasteiger partial charge in [0.25, 0.3) is 0 Å². The first-order chi connectivity index (χ1) is 7.72. The van der Waals surface area contributed by atoms with Gasteiger partial charge in [-0.2, -0.15) is 0 Å². The summed E-state index contributed by atoms with van der Waals surface area (Å²) in [4.78, 5) is 21.0. The van der Waals surface area contributed by atoms with E-state index in [0.29, 0.717) is 13.0 Å². The number of rotatable bonds is 5. The second-order valence-corrected chi connectivity index (χ2v) is 4.60. The van der Waals surface area contributed by atoms with E-state index >= 15 is 0 Å². The van der Waals surface area contributed by atoms with Crippen molar-refractivity contribution in [2.45, 2.75) is 54.4 Å². The fraction of sp³-hybridized carbons (Fsp3) is 0.846. The standard InChI is InChI=1S/C7H14O2.C6H12O2/c1-4-6(3)7(8)9-5-2;1-4-6(2,3)5(7)8/h6H,4-5H2,1-3H3;4H2,1-3H3,(H,7,8). The number of carbonyl (C=O) groups excluding carboxylic acids is 1. The summed E-state index contributed by atoms with van der Waals surface area (Å²) in [6, 6.07) is 0. The molecule has 0 heterocycles. The zero-order valence-corrected chi connectivity index (χ0v) is 11.9. The highest BCUT2D eigenvalue weighted by Gasteiger charge is 2.23. The molecule has 0 saturated carbocycles. The number of carboxylic acid groups (broad SMARTS) is 1. The highest BCUT2D eigenvalue weighted by molar-refractivity contribution is 5.73. The smallest absolute Gasteiger partial charge is 0.309 e. The van der Waals surface area contributed by atoms with Gasteiger partial charge in [0, 0.05) is 0 Å². The minimum Gasteiger partial charge on any atom is -0.481 e. The summed E-state index contributed by atoms with van der Waals surface area (Å²) < 4.78 is 4.76. The zero-order valence-electron chi connectivity index (χ0n) is 11.9. The van der Waals surface area contributed by atoms with Gasteiger partial charge in [-0.3, -0.25) is 9.59 Å². The van der Waals surface area contributed by atoms with Crippen molar-refractivity contribution in [3.8, 4) is 0 Å². The Bertz CT molecular complexity index is 234. The normalized spacial score (nSPS) is 12.1. The van der Waals surface area contributed by atoms with Gasteiger partial charge in [0.05, 0.1) is 17.9 Å². The lowest BCUT2D eigenvalue weighted by atomic mass is 9.91. The Balaban J connectivity index is 0. The summed E-state index contributed by atoms with van der Waals surface area (Å²) >= 11 is 0. The molecule has 0 aliphatic rings. The molecule has 1 N–H and O–H groups in total. The molecule has 1 unspecified atom stereocenters. The van der Waals surface area contributed by atoms with Crippen molar-refractivity contribution >= 4 is 11.9 Å². The molecule has 0 radical (unpaired) electrons. The lowest BCUT2D eigenvalue weighted by Gasteiger charge is -2.14. The molecule has 4 heteroatoms. The van der Waals surface area contributed by atoms with Crippen molar-refractivity contribution in [1.29, 1.82) is 0 Å². The minimum absolute atomic E-state index is 0.0601. The number of carbonyl (C=O) groups is 2. The Labute approximate surface area is 104 Å². The van der Waals surface area contributed by atoms with Crippen LogP contribution >= 0.6 is 0 Å². The number of esters is 1. The monoisotopic (exact) mass is 246 g/mol. The van der Waals surface area contributed by atoms with Crippen LogP contribution < -0.4 is 0 Å². The van der Waals surface area contributed by atoms with Crippen molar-refractivity contribution in [3.05, 3.63) is 0 Å². The first-order valence-corrected chi connectivity index (χ1v) is 6.12. The molecule has 0 aromatic carbocycles. The third-order valence-corrected chi connectivity index (χ3v) is 2.76. The number of hydrogen-bond acceptors (Lipinski definition) is 3. The van der Waals surface area contributed by atoms with E-state index in [0.717, 1.165) is 6.42 Å². The number of aliphatic carboxylic acids is 1. The zero-order chi connectivity index (χ0) is 14.1. The lowest BCUT2D eigenvalue weighted by Crippen LogP contribution is -2.21. The van der Waals surface area contributed by atoms with Gasteiger partial charge in [0.1, 0.15) is 0 Å². The molecule has 0 bridgehead atoms. The molecule has 0 aliphatic heterocycles. The maximum absolute atomic E-state index is 10.8. The predicted molar refractivity (Wildman–Crippen MR) is 67.8 cm³/mol. The van der Waals surface area contributed by atoms with Gasteiger partial charge in [-0.15, -0.1) is 0 Å². The van der Waals surface area contributed by atoms with E-state index in [1.165, 1.54) is 0 Å².